The fourth-order valence-corrected chi connectivity index (χ4v) is 3.06. The molecule has 0 aliphatic carbocycles. The summed E-state index contributed by atoms with van der Waals surface area (Å²) < 4.78 is 11.4. The summed E-state index contributed by atoms with van der Waals surface area (Å²) >= 11 is 9.16. The first-order valence-corrected chi connectivity index (χ1v) is 9.89. The lowest BCUT2D eigenvalue weighted by molar-refractivity contribution is 0.0729. The fraction of sp³-hybridized carbons (Fsp3) is 0.0455. The lowest BCUT2D eigenvalue weighted by Crippen LogP contribution is -2.18. The normalized spacial score (nSPS) is 10.6. The van der Waals surface area contributed by atoms with Crippen molar-refractivity contribution in [2.45, 2.75) is 0 Å². The minimum absolute atomic E-state index is 0.256. The van der Waals surface area contributed by atoms with Crippen LogP contribution in [0.15, 0.2) is 76.3 Å². The van der Waals surface area contributed by atoms with E-state index in [4.69, 9.17) is 21.1 Å². The van der Waals surface area contributed by atoms with Crippen LogP contribution in [0.2, 0.25) is 5.02 Å². The number of carbonyl (C=O) groups is 2. The molecule has 8 heteroatoms. The molecule has 30 heavy (non-hydrogen) atoms. The summed E-state index contributed by atoms with van der Waals surface area (Å²) in [7, 11) is 1.46. The van der Waals surface area contributed by atoms with Crippen LogP contribution in [0.4, 0.5) is 0 Å². The zero-order valence-electron chi connectivity index (χ0n) is 15.8. The monoisotopic (exact) mass is 486 g/mol. The average molecular weight is 488 g/mol. The van der Waals surface area contributed by atoms with E-state index in [0.717, 1.165) is 0 Å². The number of rotatable bonds is 6. The number of methoxy groups -OCH3 is 1. The van der Waals surface area contributed by atoms with Gasteiger partial charge in [-0.15, -0.1) is 0 Å². The van der Waals surface area contributed by atoms with Gasteiger partial charge in [0.25, 0.3) is 5.91 Å². The molecule has 6 nitrogen and oxygen atoms in total. The van der Waals surface area contributed by atoms with Crippen molar-refractivity contribution in [3.63, 3.8) is 0 Å². The average Bonchev–Trinajstić information content (AvgIpc) is 2.75. The number of amides is 1. The molecule has 0 aromatic heterocycles. The van der Waals surface area contributed by atoms with E-state index in [1.165, 1.54) is 13.3 Å². The van der Waals surface area contributed by atoms with E-state index in [0.29, 0.717) is 31.9 Å². The van der Waals surface area contributed by atoms with Crippen molar-refractivity contribution in [3.8, 4) is 11.5 Å². The van der Waals surface area contributed by atoms with E-state index in [1.54, 1.807) is 60.7 Å². The Hall–Kier alpha value is -3.16. The van der Waals surface area contributed by atoms with Crippen molar-refractivity contribution in [2.75, 3.05) is 7.11 Å². The van der Waals surface area contributed by atoms with Crippen molar-refractivity contribution in [3.05, 3.63) is 92.9 Å². The number of hydrogen-bond acceptors (Lipinski definition) is 5. The summed E-state index contributed by atoms with van der Waals surface area (Å²) in [5.74, 6) is -0.281. The molecule has 1 amide bonds. The first-order chi connectivity index (χ1) is 14.5. The standard InChI is InChI=1S/C22H16BrClN2O4/c1-29-20-12-14(13-25-26-21(27)17-4-2-3-5-18(17)23)6-11-19(20)30-22(28)15-7-9-16(24)10-8-15/h2-13H,1H3,(H,26,27)/b25-13+. The van der Waals surface area contributed by atoms with Gasteiger partial charge in [-0.3, -0.25) is 4.79 Å². The third kappa shape index (κ3) is 5.46. The second-order valence-corrected chi connectivity index (χ2v) is 7.28. The molecule has 0 saturated heterocycles. The Balaban J connectivity index is 1.68. The highest BCUT2D eigenvalue weighted by molar-refractivity contribution is 9.10. The van der Waals surface area contributed by atoms with Gasteiger partial charge in [-0.25, -0.2) is 10.2 Å². The van der Waals surface area contributed by atoms with E-state index in [1.807, 2.05) is 6.07 Å². The van der Waals surface area contributed by atoms with Gasteiger partial charge in [0, 0.05) is 9.50 Å². The number of ether oxygens (including phenoxy) is 2. The highest BCUT2D eigenvalue weighted by Gasteiger charge is 2.13. The maximum absolute atomic E-state index is 12.3. The summed E-state index contributed by atoms with van der Waals surface area (Å²) in [4.78, 5) is 24.5. The smallest absolute Gasteiger partial charge is 0.343 e. The summed E-state index contributed by atoms with van der Waals surface area (Å²) in [6, 6.07) is 18.3. The van der Waals surface area contributed by atoms with Crippen LogP contribution in [-0.2, 0) is 0 Å². The molecule has 0 aliphatic rings. The topological polar surface area (TPSA) is 77.0 Å². The van der Waals surface area contributed by atoms with Gasteiger partial charge in [0.2, 0.25) is 0 Å². The number of benzene rings is 3. The molecule has 0 unspecified atom stereocenters. The van der Waals surface area contributed by atoms with Crippen molar-refractivity contribution in [1.29, 1.82) is 0 Å². The molecule has 3 rings (SSSR count). The molecule has 1 N–H and O–H groups in total. The van der Waals surface area contributed by atoms with Crippen molar-refractivity contribution in [1.82, 2.24) is 5.43 Å². The highest BCUT2D eigenvalue weighted by atomic mass is 79.9. The molecule has 3 aromatic rings. The van der Waals surface area contributed by atoms with Gasteiger partial charge in [-0.1, -0.05) is 23.7 Å². The molecule has 0 spiro atoms. The molecule has 152 valence electrons. The van der Waals surface area contributed by atoms with Gasteiger partial charge in [-0.05, 0) is 76.1 Å². The highest BCUT2D eigenvalue weighted by Crippen LogP contribution is 2.28. The van der Waals surface area contributed by atoms with E-state index < -0.39 is 5.97 Å². The zero-order valence-corrected chi connectivity index (χ0v) is 18.1. The van der Waals surface area contributed by atoms with Gasteiger partial charge in [-0.2, -0.15) is 5.10 Å². The van der Waals surface area contributed by atoms with Crippen LogP contribution in [0.5, 0.6) is 11.5 Å². The van der Waals surface area contributed by atoms with E-state index in [-0.39, 0.29) is 11.7 Å². The van der Waals surface area contributed by atoms with Crippen LogP contribution in [0.1, 0.15) is 26.3 Å². The Kier molecular flexibility index (Phi) is 7.21. The Morgan fingerprint density at radius 3 is 2.47 bits per heavy atom. The Bertz CT molecular complexity index is 1100. The van der Waals surface area contributed by atoms with Gasteiger partial charge >= 0.3 is 5.97 Å². The van der Waals surface area contributed by atoms with Crippen molar-refractivity contribution in [2.24, 2.45) is 5.10 Å². The SMILES string of the molecule is COc1cc(/C=N/NC(=O)c2ccccc2Br)ccc1OC(=O)c1ccc(Cl)cc1. The molecule has 0 heterocycles. The van der Waals surface area contributed by atoms with Crippen LogP contribution >= 0.6 is 27.5 Å². The predicted molar refractivity (Wildman–Crippen MR) is 119 cm³/mol. The van der Waals surface area contributed by atoms with Crippen LogP contribution in [0.25, 0.3) is 0 Å². The number of nitrogens with one attached hydrogen (secondary N) is 1. The summed E-state index contributed by atoms with van der Waals surface area (Å²) in [5.41, 5.74) is 3.94. The van der Waals surface area contributed by atoms with Crippen molar-refractivity contribution >= 4 is 45.6 Å². The lowest BCUT2D eigenvalue weighted by atomic mass is 10.2. The molecule has 3 aromatic carbocycles. The van der Waals surface area contributed by atoms with E-state index in [2.05, 4.69) is 26.5 Å². The quantitative estimate of drug-likeness (QED) is 0.227. The molecular weight excluding hydrogens is 472 g/mol. The van der Waals surface area contributed by atoms with E-state index >= 15 is 0 Å². The Morgan fingerprint density at radius 1 is 1.03 bits per heavy atom. The van der Waals surface area contributed by atoms with Crippen LogP contribution < -0.4 is 14.9 Å². The number of esters is 1. The summed E-state index contributed by atoms with van der Waals surface area (Å²) in [5, 5.41) is 4.49. The third-order valence-electron chi connectivity index (χ3n) is 3.97. The summed E-state index contributed by atoms with van der Waals surface area (Å²) in [6.07, 6.45) is 1.46. The van der Waals surface area contributed by atoms with Crippen LogP contribution in [0, 0.1) is 0 Å². The lowest BCUT2D eigenvalue weighted by Gasteiger charge is -2.10. The maximum atomic E-state index is 12.3. The Labute approximate surface area is 186 Å². The first-order valence-electron chi connectivity index (χ1n) is 8.71. The predicted octanol–water partition coefficient (Wildman–Crippen LogP) is 5.09. The molecule has 0 radical (unpaired) electrons. The number of hydrogen-bond donors (Lipinski definition) is 1. The second-order valence-electron chi connectivity index (χ2n) is 5.99. The largest absolute Gasteiger partial charge is 0.493 e. The summed E-state index contributed by atoms with van der Waals surface area (Å²) in [6.45, 7) is 0. The van der Waals surface area contributed by atoms with Gasteiger partial charge in [0.05, 0.1) is 24.5 Å². The Morgan fingerprint density at radius 2 is 1.77 bits per heavy atom. The second kappa shape index (κ2) is 10.0. The van der Waals surface area contributed by atoms with Crippen LogP contribution in [0.3, 0.4) is 0 Å². The number of nitrogens with zero attached hydrogens (tertiary/aromatic N) is 1. The third-order valence-corrected chi connectivity index (χ3v) is 4.91. The fourth-order valence-electron chi connectivity index (χ4n) is 2.46. The molecular formula is C22H16BrClN2O4. The minimum atomic E-state index is -0.535. The minimum Gasteiger partial charge on any atom is -0.493 e. The maximum Gasteiger partial charge on any atom is 0.343 e. The number of hydrazone groups is 1. The van der Waals surface area contributed by atoms with Gasteiger partial charge in [0.15, 0.2) is 11.5 Å². The molecule has 0 saturated carbocycles. The van der Waals surface area contributed by atoms with Gasteiger partial charge < -0.3 is 9.47 Å². The van der Waals surface area contributed by atoms with Crippen LogP contribution in [-0.4, -0.2) is 25.2 Å². The molecule has 0 atom stereocenters. The van der Waals surface area contributed by atoms with Crippen molar-refractivity contribution < 1.29 is 19.1 Å². The molecule has 0 fully saturated rings. The first kappa shape index (κ1) is 21.5. The number of halogens is 2. The van der Waals surface area contributed by atoms with Gasteiger partial charge in [0.1, 0.15) is 0 Å². The molecule has 0 aliphatic heterocycles. The zero-order chi connectivity index (χ0) is 21.5. The molecule has 0 bridgehead atoms. The number of carbonyl (C=O) groups excluding carboxylic acids is 2. The van der Waals surface area contributed by atoms with E-state index in [9.17, 15) is 9.59 Å².